The molecule has 0 radical (unpaired) electrons. The second-order valence-corrected chi connectivity index (χ2v) is 2.97. The van der Waals surface area contributed by atoms with Crippen molar-refractivity contribution in [2.24, 2.45) is 5.73 Å². The Bertz CT molecular complexity index is 167. The van der Waals surface area contributed by atoms with E-state index in [1.807, 2.05) is 0 Å². The van der Waals surface area contributed by atoms with Gasteiger partial charge in [0.15, 0.2) is 0 Å². The zero-order valence-electron chi connectivity index (χ0n) is 6.54. The molecule has 1 aliphatic heterocycles. The second kappa shape index (κ2) is 2.79. The van der Waals surface area contributed by atoms with Crippen molar-refractivity contribution in [2.75, 3.05) is 6.61 Å². The van der Waals surface area contributed by atoms with E-state index in [9.17, 15) is 4.79 Å². The Labute approximate surface area is 65.3 Å². The summed E-state index contributed by atoms with van der Waals surface area (Å²) in [5.74, 6) is -0.935. The Morgan fingerprint density at radius 1 is 1.91 bits per heavy atom. The van der Waals surface area contributed by atoms with Crippen LogP contribution < -0.4 is 5.73 Å². The van der Waals surface area contributed by atoms with Crippen LogP contribution in [0.2, 0.25) is 0 Å². The highest BCUT2D eigenvalue weighted by molar-refractivity contribution is 5.78. The van der Waals surface area contributed by atoms with Gasteiger partial charge in [0.1, 0.15) is 5.54 Å². The van der Waals surface area contributed by atoms with Crippen LogP contribution in [0.25, 0.3) is 0 Å². The van der Waals surface area contributed by atoms with Crippen LogP contribution in [0.1, 0.15) is 19.8 Å². The van der Waals surface area contributed by atoms with E-state index in [2.05, 4.69) is 0 Å². The first-order valence-electron chi connectivity index (χ1n) is 3.72. The molecule has 1 rings (SSSR count). The maximum absolute atomic E-state index is 10.6. The van der Waals surface area contributed by atoms with Crippen molar-refractivity contribution < 1.29 is 14.6 Å². The lowest BCUT2D eigenvalue weighted by Gasteiger charge is -2.21. The monoisotopic (exact) mass is 159 g/mol. The maximum atomic E-state index is 10.6. The van der Waals surface area contributed by atoms with E-state index in [4.69, 9.17) is 15.6 Å². The zero-order valence-corrected chi connectivity index (χ0v) is 6.54. The molecule has 3 N–H and O–H groups in total. The molecule has 0 bridgehead atoms. The lowest BCUT2D eigenvalue weighted by Crippen LogP contribution is -2.48. The number of hydrogen-bond acceptors (Lipinski definition) is 3. The van der Waals surface area contributed by atoms with E-state index < -0.39 is 11.5 Å². The molecule has 11 heavy (non-hydrogen) atoms. The van der Waals surface area contributed by atoms with Crippen LogP contribution >= 0.6 is 0 Å². The summed E-state index contributed by atoms with van der Waals surface area (Å²) in [6, 6.07) is 0. The third kappa shape index (κ3) is 1.91. The molecule has 0 aromatic rings. The van der Waals surface area contributed by atoms with Crippen LogP contribution in [0.3, 0.4) is 0 Å². The average Bonchev–Trinajstić information content (AvgIpc) is 2.71. The highest BCUT2D eigenvalue weighted by Crippen LogP contribution is 2.23. The van der Waals surface area contributed by atoms with Crippen LogP contribution in [0, 0.1) is 0 Å². The van der Waals surface area contributed by atoms with Gasteiger partial charge in [-0.3, -0.25) is 4.79 Å². The molecule has 4 heteroatoms. The Morgan fingerprint density at radius 3 is 2.73 bits per heavy atom. The molecule has 0 aromatic carbocycles. The van der Waals surface area contributed by atoms with Gasteiger partial charge in [0.25, 0.3) is 0 Å². The minimum Gasteiger partial charge on any atom is -0.480 e. The second-order valence-electron chi connectivity index (χ2n) is 2.97. The summed E-state index contributed by atoms with van der Waals surface area (Å²) in [6.45, 7) is 2.43. The van der Waals surface area contributed by atoms with E-state index in [0.717, 1.165) is 0 Å². The van der Waals surface area contributed by atoms with Gasteiger partial charge in [-0.25, -0.2) is 0 Å². The molecule has 1 saturated heterocycles. The molecule has 1 heterocycles. The quantitative estimate of drug-likeness (QED) is 0.565. The van der Waals surface area contributed by atoms with Crippen molar-refractivity contribution >= 4 is 5.97 Å². The minimum absolute atomic E-state index is 0.0797. The Kier molecular flexibility index (Phi) is 2.15. The van der Waals surface area contributed by atoms with Crippen LogP contribution in [-0.2, 0) is 9.53 Å². The Morgan fingerprint density at radius 2 is 2.45 bits per heavy atom. The van der Waals surface area contributed by atoms with Gasteiger partial charge >= 0.3 is 5.97 Å². The first kappa shape index (κ1) is 8.49. The number of carbonyl (C=O) groups is 1. The highest BCUT2D eigenvalue weighted by Gasteiger charge is 2.39. The van der Waals surface area contributed by atoms with E-state index in [-0.39, 0.29) is 6.10 Å². The standard InChI is InChI=1S/C7H13NO3/c1-2-7(8,6(9)10)3-5-4-11-5/h5H,2-4,8H2,1H3,(H,9,10). The van der Waals surface area contributed by atoms with Crippen molar-refractivity contribution in [1.29, 1.82) is 0 Å². The molecule has 1 fully saturated rings. The van der Waals surface area contributed by atoms with E-state index in [0.29, 0.717) is 19.4 Å². The van der Waals surface area contributed by atoms with Gasteiger partial charge < -0.3 is 15.6 Å². The number of carboxylic acids is 1. The molecule has 0 spiro atoms. The molecule has 0 amide bonds. The highest BCUT2D eigenvalue weighted by atomic mass is 16.6. The lowest BCUT2D eigenvalue weighted by atomic mass is 9.92. The molecule has 64 valence electrons. The average molecular weight is 159 g/mol. The van der Waals surface area contributed by atoms with E-state index >= 15 is 0 Å². The molecule has 2 atom stereocenters. The van der Waals surface area contributed by atoms with Crippen LogP contribution in [-0.4, -0.2) is 29.3 Å². The lowest BCUT2D eigenvalue weighted by molar-refractivity contribution is -0.143. The van der Waals surface area contributed by atoms with Gasteiger partial charge in [-0.2, -0.15) is 0 Å². The number of ether oxygens (including phenoxy) is 1. The Balaban J connectivity index is 2.49. The maximum Gasteiger partial charge on any atom is 0.323 e. The van der Waals surface area contributed by atoms with Crippen molar-refractivity contribution in [3.05, 3.63) is 0 Å². The molecular weight excluding hydrogens is 146 g/mol. The predicted octanol–water partition coefficient (Wildman–Crippen LogP) is -0.0326. The summed E-state index contributed by atoms with van der Waals surface area (Å²) >= 11 is 0. The number of carboxylic acid groups (broad SMARTS) is 1. The van der Waals surface area contributed by atoms with Gasteiger partial charge in [-0.15, -0.1) is 0 Å². The molecule has 2 unspecified atom stereocenters. The van der Waals surface area contributed by atoms with Gasteiger partial charge in [0, 0.05) is 6.42 Å². The van der Waals surface area contributed by atoms with Crippen molar-refractivity contribution in [1.82, 2.24) is 0 Å². The summed E-state index contributed by atoms with van der Waals surface area (Å²) in [6.07, 6.45) is 0.956. The van der Waals surface area contributed by atoms with Crippen molar-refractivity contribution in [2.45, 2.75) is 31.4 Å². The number of epoxide rings is 1. The number of rotatable bonds is 4. The molecule has 1 aliphatic rings. The molecule has 0 aromatic heterocycles. The fourth-order valence-corrected chi connectivity index (χ4v) is 0.975. The SMILES string of the molecule is CCC(N)(CC1CO1)C(=O)O. The summed E-state index contributed by atoms with van der Waals surface area (Å²) in [5, 5.41) is 8.73. The summed E-state index contributed by atoms with van der Waals surface area (Å²) in [4.78, 5) is 10.6. The van der Waals surface area contributed by atoms with Gasteiger partial charge in [0.05, 0.1) is 12.7 Å². The number of aliphatic carboxylic acids is 1. The van der Waals surface area contributed by atoms with Crippen LogP contribution in [0.15, 0.2) is 0 Å². The largest absolute Gasteiger partial charge is 0.480 e. The van der Waals surface area contributed by atoms with Crippen LogP contribution in [0.5, 0.6) is 0 Å². The molecule has 4 nitrogen and oxygen atoms in total. The molecular formula is C7H13NO3. The first-order chi connectivity index (χ1) is 5.08. The smallest absolute Gasteiger partial charge is 0.323 e. The number of nitrogens with two attached hydrogens (primary N) is 1. The first-order valence-corrected chi connectivity index (χ1v) is 3.72. The number of hydrogen-bond donors (Lipinski definition) is 2. The summed E-state index contributed by atoms with van der Waals surface area (Å²) in [7, 11) is 0. The van der Waals surface area contributed by atoms with E-state index in [1.54, 1.807) is 6.92 Å². The summed E-state index contributed by atoms with van der Waals surface area (Å²) in [5.41, 5.74) is 4.52. The van der Waals surface area contributed by atoms with Crippen molar-refractivity contribution in [3.63, 3.8) is 0 Å². The topological polar surface area (TPSA) is 75.8 Å². The molecule has 0 saturated carbocycles. The summed E-state index contributed by atoms with van der Waals surface area (Å²) < 4.78 is 4.91. The predicted molar refractivity (Wildman–Crippen MR) is 39.2 cm³/mol. The fourth-order valence-electron chi connectivity index (χ4n) is 0.975. The van der Waals surface area contributed by atoms with Crippen molar-refractivity contribution in [3.8, 4) is 0 Å². The minimum atomic E-state index is -1.08. The van der Waals surface area contributed by atoms with Crippen LogP contribution in [0.4, 0.5) is 0 Å². The van der Waals surface area contributed by atoms with Gasteiger partial charge in [-0.05, 0) is 6.42 Å². The third-order valence-corrected chi connectivity index (χ3v) is 2.05. The normalized spacial score (nSPS) is 27.6. The van der Waals surface area contributed by atoms with Gasteiger partial charge in [-0.1, -0.05) is 6.92 Å². The Hall–Kier alpha value is -0.610. The van der Waals surface area contributed by atoms with E-state index in [1.165, 1.54) is 0 Å². The van der Waals surface area contributed by atoms with Gasteiger partial charge in [0.2, 0.25) is 0 Å². The fraction of sp³-hybridized carbons (Fsp3) is 0.857. The zero-order chi connectivity index (χ0) is 8.48. The molecule has 0 aliphatic carbocycles. The third-order valence-electron chi connectivity index (χ3n) is 2.05.